The number of ether oxygens (including phenoxy) is 3. The summed E-state index contributed by atoms with van der Waals surface area (Å²) in [5, 5.41) is 6.28. The van der Waals surface area contributed by atoms with Crippen molar-refractivity contribution in [1.82, 2.24) is 5.43 Å². The number of benzene rings is 4. The zero-order chi connectivity index (χ0) is 26.8. The van der Waals surface area contributed by atoms with Gasteiger partial charge in [-0.2, -0.15) is 5.10 Å². The summed E-state index contributed by atoms with van der Waals surface area (Å²) in [4.78, 5) is 27.6. The van der Waals surface area contributed by atoms with Crippen LogP contribution in [-0.2, 0) is 6.54 Å². The van der Waals surface area contributed by atoms with Crippen molar-refractivity contribution in [2.24, 2.45) is 5.10 Å². The number of nitrogens with zero attached hydrogens (tertiary/aromatic N) is 2. The Hall–Kier alpha value is -4.85. The van der Waals surface area contributed by atoms with Crippen molar-refractivity contribution in [2.45, 2.75) is 13.5 Å². The summed E-state index contributed by atoms with van der Waals surface area (Å²) >= 11 is 0. The second-order valence-electron chi connectivity index (χ2n) is 8.82. The van der Waals surface area contributed by atoms with E-state index in [1.807, 2.05) is 48.5 Å². The molecule has 8 nitrogen and oxygen atoms in total. The smallest absolute Gasteiger partial charge is 0.271 e. The molecule has 38 heavy (non-hydrogen) atoms. The number of rotatable bonds is 8. The Labute approximate surface area is 220 Å². The summed E-state index contributed by atoms with van der Waals surface area (Å²) in [5.74, 6) is 1.10. The number of amides is 2. The van der Waals surface area contributed by atoms with Crippen molar-refractivity contribution in [3.63, 3.8) is 0 Å². The molecule has 0 aromatic heterocycles. The standard InChI is InChI=1S/C30H27N3O5/c1-18(22-15-25(36-2)28(38-4)26(16-22)37-3)31-32-29(34)21-13-11-19(12-14-21)17-33-24-10-6-8-20-7-5-9-23(27(20)24)30(33)35/h5-16H,17H2,1-4H3,(H,32,34). The van der Waals surface area contributed by atoms with Gasteiger partial charge in [-0.05, 0) is 54.3 Å². The van der Waals surface area contributed by atoms with E-state index in [-0.39, 0.29) is 11.8 Å². The quantitative estimate of drug-likeness (QED) is 0.261. The second-order valence-corrected chi connectivity index (χ2v) is 8.82. The zero-order valence-corrected chi connectivity index (χ0v) is 21.6. The summed E-state index contributed by atoms with van der Waals surface area (Å²) in [6.45, 7) is 2.18. The van der Waals surface area contributed by atoms with E-state index in [4.69, 9.17) is 14.2 Å². The number of carbonyl (C=O) groups excluding carboxylic acids is 2. The Morgan fingerprint density at radius 3 is 2.16 bits per heavy atom. The van der Waals surface area contributed by atoms with E-state index in [0.717, 1.165) is 27.6 Å². The lowest BCUT2D eigenvalue weighted by Crippen LogP contribution is -2.26. The van der Waals surface area contributed by atoms with Gasteiger partial charge in [0, 0.05) is 22.1 Å². The maximum Gasteiger partial charge on any atom is 0.271 e. The first-order valence-corrected chi connectivity index (χ1v) is 12.0. The predicted molar refractivity (Wildman–Crippen MR) is 147 cm³/mol. The summed E-state index contributed by atoms with van der Waals surface area (Å²) in [6.07, 6.45) is 0. The number of hydrogen-bond donors (Lipinski definition) is 1. The van der Waals surface area contributed by atoms with E-state index >= 15 is 0 Å². The van der Waals surface area contributed by atoms with E-state index in [2.05, 4.69) is 10.5 Å². The van der Waals surface area contributed by atoms with Gasteiger partial charge in [0.2, 0.25) is 5.75 Å². The summed E-state index contributed by atoms with van der Waals surface area (Å²) in [5.41, 5.74) is 6.86. The van der Waals surface area contributed by atoms with Gasteiger partial charge in [0.25, 0.3) is 11.8 Å². The highest BCUT2D eigenvalue weighted by atomic mass is 16.5. The van der Waals surface area contributed by atoms with Gasteiger partial charge in [-0.25, -0.2) is 5.43 Å². The van der Waals surface area contributed by atoms with E-state index in [1.165, 1.54) is 21.3 Å². The van der Waals surface area contributed by atoms with Crippen molar-refractivity contribution in [3.05, 3.63) is 95.1 Å². The Morgan fingerprint density at radius 2 is 1.53 bits per heavy atom. The molecule has 1 N–H and O–H groups in total. The molecule has 192 valence electrons. The van der Waals surface area contributed by atoms with Gasteiger partial charge in [0.05, 0.1) is 39.3 Å². The van der Waals surface area contributed by atoms with Gasteiger partial charge in [0.1, 0.15) is 0 Å². The minimum absolute atomic E-state index is 0.0183. The molecule has 0 bridgehead atoms. The lowest BCUT2D eigenvalue weighted by atomic mass is 10.1. The molecule has 0 saturated carbocycles. The minimum Gasteiger partial charge on any atom is -0.493 e. The van der Waals surface area contributed by atoms with Crippen LogP contribution in [0.5, 0.6) is 17.2 Å². The van der Waals surface area contributed by atoms with Gasteiger partial charge in [-0.1, -0.05) is 36.4 Å². The first-order valence-electron chi connectivity index (χ1n) is 12.0. The monoisotopic (exact) mass is 509 g/mol. The van der Waals surface area contributed by atoms with Gasteiger partial charge < -0.3 is 19.1 Å². The molecule has 4 aromatic carbocycles. The highest BCUT2D eigenvalue weighted by Crippen LogP contribution is 2.39. The van der Waals surface area contributed by atoms with Crippen LogP contribution in [0.25, 0.3) is 10.8 Å². The fourth-order valence-electron chi connectivity index (χ4n) is 4.63. The first kappa shape index (κ1) is 24.8. The lowest BCUT2D eigenvalue weighted by molar-refractivity contribution is 0.0953. The molecule has 1 aliphatic rings. The molecule has 1 aliphatic heterocycles. The lowest BCUT2D eigenvalue weighted by Gasteiger charge is -2.18. The van der Waals surface area contributed by atoms with Crippen molar-refractivity contribution >= 4 is 34.0 Å². The van der Waals surface area contributed by atoms with Gasteiger partial charge >= 0.3 is 0 Å². The fraction of sp³-hybridized carbons (Fsp3) is 0.167. The molecule has 0 spiro atoms. The molecule has 0 unspecified atom stereocenters. The molecule has 4 aromatic rings. The minimum atomic E-state index is -0.349. The number of carbonyl (C=O) groups is 2. The van der Waals surface area contributed by atoms with Crippen LogP contribution in [0.1, 0.15) is 38.8 Å². The number of methoxy groups -OCH3 is 3. The predicted octanol–water partition coefficient (Wildman–Crippen LogP) is 5.18. The van der Waals surface area contributed by atoms with Gasteiger partial charge in [-0.15, -0.1) is 0 Å². The topological polar surface area (TPSA) is 89.5 Å². The van der Waals surface area contributed by atoms with Gasteiger partial charge in [-0.3, -0.25) is 9.59 Å². The molecule has 0 atom stereocenters. The summed E-state index contributed by atoms with van der Waals surface area (Å²) in [7, 11) is 4.62. The largest absolute Gasteiger partial charge is 0.493 e. The van der Waals surface area contributed by atoms with E-state index in [9.17, 15) is 9.59 Å². The number of hydrogen-bond acceptors (Lipinski definition) is 6. The van der Waals surface area contributed by atoms with Crippen molar-refractivity contribution in [1.29, 1.82) is 0 Å². The van der Waals surface area contributed by atoms with Crippen LogP contribution in [0.3, 0.4) is 0 Å². The van der Waals surface area contributed by atoms with Crippen LogP contribution in [0.4, 0.5) is 5.69 Å². The van der Waals surface area contributed by atoms with Crippen molar-refractivity contribution < 1.29 is 23.8 Å². The Balaban J connectivity index is 1.29. The maximum atomic E-state index is 13.1. The first-order chi connectivity index (χ1) is 18.4. The van der Waals surface area contributed by atoms with Crippen molar-refractivity contribution in [3.8, 4) is 17.2 Å². The molecule has 5 rings (SSSR count). The molecular weight excluding hydrogens is 482 g/mol. The summed E-state index contributed by atoms with van der Waals surface area (Å²) in [6, 6.07) is 22.4. The third-order valence-corrected chi connectivity index (χ3v) is 6.61. The van der Waals surface area contributed by atoms with Crippen LogP contribution in [-0.4, -0.2) is 38.9 Å². The fourth-order valence-corrected chi connectivity index (χ4v) is 4.63. The third kappa shape index (κ3) is 4.41. The van der Waals surface area contributed by atoms with Crippen LogP contribution >= 0.6 is 0 Å². The second kappa shape index (κ2) is 10.3. The highest BCUT2D eigenvalue weighted by molar-refractivity contribution is 6.24. The summed E-state index contributed by atoms with van der Waals surface area (Å²) < 4.78 is 16.1. The van der Waals surface area contributed by atoms with Crippen molar-refractivity contribution in [2.75, 3.05) is 26.2 Å². The molecule has 8 heteroatoms. The number of anilines is 1. The number of hydrazone groups is 1. The van der Waals surface area contributed by atoms with Crippen LogP contribution in [0, 0.1) is 0 Å². The van der Waals surface area contributed by atoms with Crippen LogP contribution in [0.2, 0.25) is 0 Å². The molecule has 0 fully saturated rings. The average Bonchev–Trinajstić information content (AvgIpc) is 3.23. The zero-order valence-electron chi connectivity index (χ0n) is 21.6. The molecule has 0 radical (unpaired) electrons. The number of nitrogens with one attached hydrogen (secondary N) is 1. The van der Waals surface area contributed by atoms with Crippen LogP contribution in [0.15, 0.2) is 77.9 Å². The molecule has 0 aliphatic carbocycles. The Kier molecular flexibility index (Phi) is 6.70. The maximum absolute atomic E-state index is 13.1. The van der Waals surface area contributed by atoms with Gasteiger partial charge in [0.15, 0.2) is 11.5 Å². The van der Waals surface area contributed by atoms with E-state index in [0.29, 0.717) is 40.6 Å². The SMILES string of the molecule is COc1cc(C(C)=NNC(=O)c2ccc(CN3C(=O)c4cccc5cccc3c45)cc2)cc(OC)c1OC. The highest BCUT2D eigenvalue weighted by Gasteiger charge is 2.29. The van der Waals surface area contributed by atoms with E-state index < -0.39 is 0 Å². The third-order valence-electron chi connectivity index (χ3n) is 6.61. The van der Waals surface area contributed by atoms with Crippen LogP contribution < -0.4 is 24.5 Å². The normalized spacial score (nSPS) is 12.6. The average molecular weight is 510 g/mol. The molecular formula is C30H27N3O5. The molecule has 1 heterocycles. The molecule has 2 amide bonds. The Morgan fingerprint density at radius 1 is 0.868 bits per heavy atom. The molecule has 0 saturated heterocycles. The Bertz CT molecular complexity index is 1550. The van der Waals surface area contributed by atoms with E-state index in [1.54, 1.807) is 36.1 Å².